The first-order valence-corrected chi connectivity index (χ1v) is 3.78. The van der Waals surface area contributed by atoms with E-state index < -0.39 is 0 Å². The maximum Gasteiger partial charge on any atom is 0.000533 e. The Morgan fingerprint density at radius 3 is 2.56 bits per heavy atom. The second-order valence-electron chi connectivity index (χ2n) is 2.07. The Kier molecular flexibility index (Phi) is 4.32. The van der Waals surface area contributed by atoms with E-state index in [1.54, 1.807) is 11.8 Å². The molecule has 0 fully saturated rings. The molecule has 0 heterocycles. The lowest BCUT2D eigenvalue weighted by Crippen LogP contribution is -1.85. The molecule has 0 aromatic rings. The van der Waals surface area contributed by atoms with E-state index in [0.29, 0.717) is 5.92 Å². The minimum Gasteiger partial charge on any atom is -0.404 e. The number of rotatable bonds is 3. The third-order valence-corrected chi connectivity index (χ3v) is 2.01. The van der Waals surface area contributed by atoms with Gasteiger partial charge in [-0.3, -0.25) is 0 Å². The molecule has 0 atom stereocenters. The van der Waals surface area contributed by atoms with Crippen LogP contribution >= 0.6 is 11.8 Å². The van der Waals surface area contributed by atoms with Crippen molar-refractivity contribution in [1.29, 1.82) is 0 Å². The van der Waals surface area contributed by atoms with Crippen molar-refractivity contribution < 1.29 is 0 Å². The number of hydrogen-bond donors (Lipinski definition) is 1. The van der Waals surface area contributed by atoms with E-state index in [-0.39, 0.29) is 0 Å². The summed E-state index contributed by atoms with van der Waals surface area (Å²) in [5.41, 5.74) is 5.13. The van der Waals surface area contributed by atoms with Gasteiger partial charge in [-0.1, -0.05) is 20.4 Å². The van der Waals surface area contributed by atoms with Crippen LogP contribution < -0.4 is 5.73 Å². The van der Waals surface area contributed by atoms with Gasteiger partial charge in [-0.2, -0.15) is 0 Å². The maximum absolute atomic E-state index is 5.13. The van der Waals surface area contributed by atoms with Gasteiger partial charge >= 0.3 is 0 Å². The molecular formula is C7H13NS. The van der Waals surface area contributed by atoms with Crippen molar-refractivity contribution in [3.63, 3.8) is 0 Å². The van der Waals surface area contributed by atoms with Gasteiger partial charge in [-0.05, 0) is 16.2 Å². The maximum atomic E-state index is 5.13. The molecule has 0 unspecified atom stereocenters. The average molecular weight is 143 g/mol. The highest BCUT2D eigenvalue weighted by Crippen LogP contribution is 2.21. The molecular weight excluding hydrogens is 130 g/mol. The molecule has 0 aromatic heterocycles. The van der Waals surface area contributed by atoms with Crippen molar-refractivity contribution >= 4 is 11.8 Å². The number of allylic oxidation sites excluding steroid dienone is 1. The fraction of sp³-hybridized carbons (Fsp3) is 0.429. The van der Waals surface area contributed by atoms with Crippen LogP contribution in [-0.4, -0.2) is 0 Å². The van der Waals surface area contributed by atoms with Gasteiger partial charge in [0.25, 0.3) is 0 Å². The summed E-state index contributed by atoms with van der Waals surface area (Å²) in [5, 5.41) is 1.84. The Morgan fingerprint density at radius 1 is 1.67 bits per heavy atom. The van der Waals surface area contributed by atoms with Crippen LogP contribution in [0.1, 0.15) is 13.8 Å². The Hall–Kier alpha value is -0.370. The van der Waals surface area contributed by atoms with Gasteiger partial charge < -0.3 is 5.73 Å². The van der Waals surface area contributed by atoms with Crippen LogP contribution in [0.25, 0.3) is 0 Å². The van der Waals surface area contributed by atoms with Gasteiger partial charge in [0.1, 0.15) is 0 Å². The van der Waals surface area contributed by atoms with E-state index in [4.69, 9.17) is 5.73 Å². The van der Waals surface area contributed by atoms with Crippen LogP contribution in [0, 0.1) is 5.92 Å². The van der Waals surface area contributed by atoms with E-state index in [9.17, 15) is 0 Å². The fourth-order valence-electron chi connectivity index (χ4n) is 0.263. The van der Waals surface area contributed by atoms with Crippen LogP contribution in [-0.2, 0) is 0 Å². The molecule has 1 nitrogen and oxygen atoms in total. The molecule has 0 spiro atoms. The quantitative estimate of drug-likeness (QED) is 0.656. The predicted octanol–water partition coefficient (Wildman–Crippen LogP) is 2.32. The van der Waals surface area contributed by atoms with Crippen molar-refractivity contribution in [1.82, 2.24) is 0 Å². The summed E-state index contributed by atoms with van der Waals surface area (Å²) in [4.78, 5) is 1.15. The van der Waals surface area contributed by atoms with Crippen LogP contribution in [0.3, 0.4) is 0 Å². The summed E-state index contributed by atoms with van der Waals surface area (Å²) < 4.78 is 0. The standard InChI is InChI=1S/C7H13NS/c1-6(2)7(3)9-5-4-8/h4-6H,3,8H2,1-2H3/b5-4-. The fourth-order valence-corrected chi connectivity index (χ4v) is 0.788. The summed E-state index contributed by atoms with van der Waals surface area (Å²) in [5.74, 6) is 0.534. The molecule has 2 heteroatoms. The molecule has 52 valence electrons. The minimum atomic E-state index is 0.534. The molecule has 0 aliphatic heterocycles. The van der Waals surface area contributed by atoms with Gasteiger partial charge in [0.15, 0.2) is 0 Å². The highest BCUT2D eigenvalue weighted by atomic mass is 32.2. The van der Waals surface area contributed by atoms with Crippen molar-refractivity contribution in [3.05, 3.63) is 23.1 Å². The number of hydrogen-bond acceptors (Lipinski definition) is 2. The third kappa shape index (κ3) is 4.15. The molecule has 0 aliphatic rings. The van der Waals surface area contributed by atoms with E-state index in [1.165, 1.54) is 6.20 Å². The normalized spacial score (nSPS) is 11.0. The molecule has 9 heavy (non-hydrogen) atoms. The van der Waals surface area contributed by atoms with Crippen molar-refractivity contribution in [2.45, 2.75) is 13.8 Å². The van der Waals surface area contributed by atoms with Gasteiger partial charge in [-0.15, -0.1) is 11.8 Å². The molecule has 0 aliphatic carbocycles. The molecule has 0 bridgehead atoms. The number of nitrogens with two attached hydrogens (primary N) is 1. The largest absolute Gasteiger partial charge is 0.404 e. The third-order valence-electron chi connectivity index (χ3n) is 0.942. The lowest BCUT2D eigenvalue weighted by Gasteiger charge is -2.03. The lowest BCUT2D eigenvalue weighted by atomic mass is 10.2. The zero-order chi connectivity index (χ0) is 7.28. The topological polar surface area (TPSA) is 26.0 Å². The highest BCUT2D eigenvalue weighted by molar-refractivity contribution is 8.05. The summed E-state index contributed by atoms with van der Waals surface area (Å²) >= 11 is 1.58. The summed E-state index contributed by atoms with van der Waals surface area (Å²) in [7, 11) is 0. The molecule has 0 rings (SSSR count). The van der Waals surface area contributed by atoms with Crippen molar-refractivity contribution in [3.8, 4) is 0 Å². The Labute approximate surface area is 61.0 Å². The van der Waals surface area contributed by atoms with Crippen LogP contribution in [0.15, 0.2) is 23.1 Å². The first-order chi connectivity index (χ1) is 4.18. The van der Waals surface area contributed by atoms with Crippen LogP contribution in [0.2, 0.25) is 0 Å². The van der Waals surface area contributed by atoms with Crippen molar-refractivity contribution in [2.24, 2.45) is 11.7 Å². The van der Waals surface area contributed by atoms with Gasteiger partial charge in [-0.25, -0.2) is 0 Å². The molecule has 2 N–H and O–H groups in total. The first-order valence-electron chi connectivity index (χ1n) is 2.90. The summed E-state index contributed by atoms with van der Waals surface area (Å²) in [6, 6.07) is 0. The zero-order valence-electron chi connectivity index (χ0n) is 5.92. The van der Waals surface area contributed by atoms with Gasteiger partial charge in [0.05, 0.1) is 0 Å². The zero-order valence-corrected chi connectivity index (χ0v) is 6.74. The first kappa shape index (κ1) is 8.63. The van der Waals surface area contributed by atoms with Crippen LogP contribution in [0.5, 0.6) is 0 Å². The summed E-state index contributed by atoms with van der Waals surface area (Å²) in [6.45, 7) is 8.07. The summed E-state index contributed by atoms with van der Waals surface area (Å²) in [6.07, 6.45) is 1.53. The van der Waals surface area contributed by atoms with E-state index in [1.807, 2.05) is 5.41 Å². The smallest absolute Gasteiger partial charge is 0.000533 e. The molecule has 0 saturated carbocycles. The molecule has 0 aromatic carbocycles. The van der Waals surface area contributed by atoms with Crippen molar-refractivity contribution in [2.75, 3.05) is 0 Å². The predicted molar refractivity (Wildman–Crippen MR) is 44.9 cm³/mol. The van der Waals surface area contributed by atoms with Gasteiger partial charge in [0.2, 0.25) is 0 Å². The second kappa shape index (κ2) is 4.50. The van der Waals surface area contributed by atoms with E-state index >= 15 is 0 Å². The van der Waals surface area contributed by atoms with Gasteiger partial charge in [0, 0.05) is 6.20 Å². The second-order valence-corrected chi connectivity index (χ2v) is 3.10. The Bertz CT molecular complexity index is 116. The SMILES string of the molecule is C=C(S/C=C\N)C(C)C. The lowest BCUT2D eigenvalue weighted by molar-refractivity contribution is 0.820. The minimum absolute atomic E-state index is 0.534. The number of thioether (sulfide) groups is 1. The average Bonchev–Trinajstić information content (AvgIpc) is 1.82. The van der Waals surface area contributed by atoms with E-state index in [2.05, 4.69) is 20.4 Å². The van der Waals surface area contributed by atoms with Crippen LogP contribution in [0.4, 0.5) is 0 Å². The molecule has 0 radical (unpaired) electrons. The Balaban J connectivity index is 3.51. The Morgan fingerprint density at radius 2 is 2.22 bits per heavy atom. The molecule has 0 saturated heterocycles. The highest BCUT2D eigenvalue weighted by Gasteiger charge is 1.96. The molecule has 0 amide bonds. The van der Waals surface area contributed by atoms with E-state index in [0.717, 1.165) is 4.91 Å². The monoisotopic (exact) mass is 143 g/mol.